The van der Waals surface area contributed by atoms with Crippen LogP contribution in [0.1, 0.15) is 145 Å². The first-order chi connectivity index (χ1) is 37.5. The third-order valence-electron chi connectivity index (χ3n) is 13.0. The summed E-state index contributed by atoms with van der Waals surface area (Å²) in [5.74, 6) is -3.22. The number of rotatable bonds is 10. The number of imidazole rings is 1. The monoisotopic (exact) mass is 918 g/mol. The van der Waals surface area contributed by atoms with Gasteiger partial charge in [-0.25, -0.2) is 4.98 Å². The molecule has 0 aliphatic carbocycles. The molecule has 0 amide bonds. The van der Waals surface area contributed by atoms with Crippen molar-refractivity contribution in [2.75, 3.05) is 0 Å². The lowest BCUT2D eigenvalue weighted by atomic mass is 9.80. The van der Waals surface area contributed by atoms with Gasteiger partial charge in [-0.2, -0.15) is 0 Å². The van der Waals surface area contributed by atoms with Gasteiger partial charge in [-0.05, 0) is 150 Å². The van der Waals surface area contributed by atoms with E-state index >= 15 is 0 Å². The molecule has 9 aromatic rings. The molecule has 2 heterocycles. The topological polar surface area (TPSA) is 50.9 Å². The van der Waals surface area contributed by atoms with E-state index in [1.54, 1.807) is 52.1 Å². The Balaban J connectivity index is 1.29. The Morgan fingerprint density at radius 2 is 1.19 bits per heavy atom. The molecule has 0 aliphatic heterocycles. The van der Waals surface area contributed by atoms with E-state index in [9.17, 15) is 9.22 Å². The van der Waals surface area contributed by atoms with E-state index < -0.39 is 43.7 Å². The molecule has 7 aromatic carbocycles. The highest BCUT2D eigenvalue weighted by molar-refractivity contribution is 5.98. The Morgan fingerprint density at radius 1 is 0.522 bits per heavy atom. The summed E-state index contributed by atoms with van der Waals surface area (Å²) in [5.41, 5.74) is 9.27. The second-order valence-electron chi connectivity index (χ2n) is 19.8. The maximum atomic E-state index is 12.5. The molecule has 348 valence electrons. The summed E-state index contributed by atoms with van der Waals surface area (Å²) in [5, 5.41) is 12.5. The third-order valence-corrected chi connectivity index (χ3v) is 13.0. The standard InChI is InChI=1S/C65H67N3O/c1-40(2)46-36-56(42(5)6)62(69)57(37-46)63-67-61-52(22-18-24-60(61)68(63)51-29-30-53(55(39-51)41(3)4)54-21-16-17-23-58(54)65(10,11)12)48-33-47(43-19-14-13-15-20-43)34-49(35-48)59-38-45(31-32-66-59)44-25-27-50(28-26-44)64(7,8)9/h13-42,69H,1-12H3/i7D3,8D3,9D3,40D,41D,42D. The van der Waals surface area contributed by atoms with Crippen LogP contribution < -0.4 is 0 Å². The van der Waals surface area contributed by atoms with Crippen LogP contribution >= 0.6 is 0 Å². The van der Waals surface area contributed by atoms with Gasteiger partial charge in [0.25, 0.3) is 0 Å². The van der Waals surface area contributed by atoms with Crippen LogP contribution in [0.25, 0.3) is 83.9 Å². The normalized spacial score (nSPS) is 15.8. The minimum absolute atomic E-state index is 0.127. The maximum Gasteiger partial charge on any atom is 0.149 e. The van der Waals surface area contributed by atoms with E-state index in [-0.39, 0.29) is 16.7 Å². The number of hydrogen-bond donors (Lipinski definition) is 1. The van der Waals surface area contributed by atoms with E-state index in [2.05, 4.69) is 45.0 Å². The van der Waals surface area contributed by atoms with Gasteiger partial charge in [0.05, 0.1) is 22.3 Å². The van der Waals surface area contributed by atoms with Crippen molar-refractivity contribution in [2.24, 2.45) is 0 Å². The van der Waals surface area contributed by atoms with Gasteiger partial charge >= 0.3 is 0 Å². The summed E-state index contributed by atoms with van der Waals surface area (Å²) in [7, 11) is 0. The average Bonchev–Trinajstić information content (AvgIpc) is 3.77. The highest BCUT2D eigenvalue weighted by atomic mass is 16.3. The minimum atomic E-state index is -3.40. The van der Waals surface area contributed by atoms with Crippen molar-refractivity contribution in [2.45, 2.75) is 111 Å². The predicted molar refractivity (Wildman–Crippen MR) is 293 cm³/mol. The zero-order valence-electron chi connectivity index (χ0n) is 52.9. The Labute approximate surface area is 427 Å². The lowest BCUT2D eigenvalue weighted by Gasteiger charge is -2.25. The van der Waals surface area contributed by atoms with Gasteiger partial charge in [0.2, 0.25) is 0 Å². The molecule has 9 rings (SSSR count). The van der Waals surface area contributed by atoms with Crippen LogP contribution in [0.5, 0.6) is 5.75 Å². The molecule has 0 saturated carbocycles. The number of aromatic nitrogens is 3. The molecule has 0 aliphatic rings. The molecule has 0 bridgehead atoms. The Bertz CT molecular complexity index is 3790. The van der Waals surface area contributed by atoms with Gasteiger partial charge in [-0.15, -0.1) is 0 Å². The summed E-state index contributed by atoms with van der Waals surface area (Å²) < 4.78 is 104. The number of benzene rings is 7. The van der Waals surface area contributed by atoms with Gasteiger partial charge in [-0.1, -0.05) is 186 Å². The molecule has 0 radical (unpaired) electrons. The lowest BCUT2D eigenvalue weighted by Crippen LogP contribution is -2.13. The lowest BCUT2D eigenvalue weighted by molar-refractivity contribution is 0.466. The second kappa shape index (κ2) is 18.5. The van der Waals surface area contributed by atoms with Crippen LogP contribution in [0.4, 0.5) is 0 Å². The fraction of sp³-hybridized carbons (Fsp3) is 0.262. The van der Waals surface area contributed by atoms with E-state index in [1.165, 1.54) is 24.3 Å². The van der Waals surface area contributed by atoms with Crippen molar-refractivity contribution >= 4 is 11.0 Å². The summed E-state index contributed by atoms with van der Waals surface area (Å²) in [6.07, 6.45) is 1.64. The van der Waals surface area contributed by atoms with E-state index in [0.29, 0.717) is 56.1 Å². The van der Waals surface area contributed by atoms with Gasteiger partial charge < -0.3 is 5.11 Å². The number of para-hydroxylation sites is 1. The molecule has 0 fully saturated rings. The zero-order valence-corrected chi connectivity index (χ0v) is 40.9. The fourth-order valence-corrected chi connectivity index (χ4v) is 9.35. The minimum Gasteiger partial charge on any atom is -0.507 e. The molecule has 0 unspecified atom stereocenters. The molecule has 1 N–H and O–H groups in total. The SMILES string of the molecule is [2H]C(C)(C)c1cc(-c2nc3c(-c4cc(-c5ccccc5)cc(-c5cc(-c6ccc(C(C([2H])([2H])[2H])(C([2H])([2H])[2H])C([2H])([2H])[2H])cc6)ccn5)c4)cccc3n2-c2ccc(-c3ccccc3C(C)(C)C)c(C([2H])(C)C)c2)c(O)c(C([2H])(C)C)c1. The number of phenols is 1. The van der Waals surface area contributed by atoms with Crippen LogP contribution in [-0.2, 0) is 10.8 Å². The van der Waals surface area contributed by atoms with Gasteiger partial charge in [0.15, 0.2) is 0 Å². The molecule has 0 saturated heterocycles. The number of nitrogens with zero attached hydrogens (tertiary/aromatic N) is 3. The number of pyridine rings is 1. The van der Waals surface area contributed by atoms with Crippen molar-refractivity contribution in [1.82, 2.24) is 14.5 Å². The Kier molecular flexibility index (Phi) is 9.17. The van der Waals surface area contributed by atoms with E-state index in [4.69, 9.17) is 22.3 Å². The number of phenolic OH excluding ortho intramolecular Hbond substituents is 1. The smallest absolute Gasteiger partial charge is 0.149 e. The van der Waals surface area contributed by atoms with Crippen molar-refractivity contribution < 1.29 is 21.6 Å². The average molecular weight is 918 g/mol. The van der Waals surface area contributed by atoms with Crippen LogP contribution in [0.15, 0.2) is 164 Å². The van der Waals surface area contributed by atoms with Crippen LogP contribution in [0.3, 0.4) is 0 Å². The van der Waals surface area contributed by atoms with Crippen LogP contribution in [0, 0.1) is 0 Å². The van der Waals surface area contributed by atoms with Gasteiger partial charge in [0.1, 0.15) is 11.6 Å². The summed E-state index contributed by atoms with van der Waals surface area (Å²) in [4.78, 5) is 10.3. The molecule has 2 aromatic heterocycles. The molecule has 0 spiro atoms. The molecule has 4 heteroatoms. The molecule has 0 atom stereocenters. The molecular weight excluding hydrogens is 839 g/mol. The van der Waals surface area contributed by atoms with Crippen LogP contribution in [-0.4, -0.2) is 19.6 Å². The van der Waals surface area contributed by atoms with Gasteiger partial charge in [0, 0.05) is 39.5 Å². The maximum absolute atomic E-state index is 12.5. The first-order valence-corrected chi connectivity index (χ1v) is 23.5. The Morgan fingerprint density at radius 3 is 1.88 bits per heavy atom. The first kappa shape index (κ1) is 34.3. The predicted octanol–water partition coefficient (Wildman–Crippen LogP) is 18.1. The van der Waals surface area contributed by atoms with Gasteiger partial charge in [-0.3, -0.25) is 9.55 Å². The molecule has 4 nitrogen and oxygen atoms in total. The first-order valence-electron chi connectivity index (χ1n) is 29.5. The van der Waals surface area contributed by atoms with Crippen molar-refractivity contribution in [3.63, 3.8) is 0 Å². The van der Waals surface area contributed by atoms with E-state index in [1.807, 2.05) is 109 Å². The highest BCUT2D eigenvalue weighted by Gasteiger charge is 2.26. The molecule has 69 heavy (non-hydrogen) atoms. The van der Waals surface area contributed by atoms with Crippen LogP contribution in [0.2, 0.25) is 0 Å². The quantitative estimate of drug-likeness (QED) is 0.149. The van der Waals surface area contributed by atoms with Crippen molar-refractivity contribution in [1.29, 1.82) is 0 Å². The highest BCUT2D eigenvalue weighted by Crippen LogP contribution is 2.45. The largest absolute Gasteiger partial charge is 0.507 e. The second-order valence-corrected chi connectivity index (χ2v) is 19.8. The summed E-state index contributed by atoms with van der Waals surface area (Å²) in [6, 6.07) is 49.2. The van der Waals surface area contributed by atoms with E-state index in [0.717, 1.165) is 50.1 Å². The fourth-order valence-electron chi connectivity index (χ4n) is 9.35. The van der Waals surface area contributed by atoms with Crippen molar-refractivity contribution in [3.05, 3.63) is 192 Å². The number of fused-ring (bicyclic) bond motifs is 1. The number of aromatic hydroxyl groups is 1. The third kappa shape index (κ3) is 9.30. The van der Waals surface area contributed by atoms with Crippen molar-refractivity contribution in [3.8, 4) is 78.6 Å². The summed E-state index contributed by atoms with van der Waals surface area (Å²) in [6.45, 7) is 7.07. The summed E-state index contributed by atoms with van der Waals surface area (Å²) >= 11 is 0. The number of hydrogen-bond acceptors (Lipinski definition) is 3. The Hall–Kier alpha value is -7.04. The zero-order chi connectivity index (χ0) is 59.2. The molecular formula is C65H67N3O.